The molecular weight excluding hydrogens is 311 g/mol. The number of aromatic carboxylic acids is 1. The summed E-state index contributed by atoms with van der Waals surface area (Å²) in [5.74, 6) is -1.01. The van der Waals surface area contributed by atoms with Crippen molar-refractivity contribution >= 4 is 21.9 Å². The van der Waals surface area contributed by atoms with E-state index in [9.17, 15) is 9.90 Å². The number of rotatable bonds is 5. The van der Waals surface area contributed by atoms with Crippen molar-refractivity contribution < 1.29 is 67.8 Å². The predicted octanol–water partition coefficient (Wildman–Crippen LogP) is 0.487. The largest absolute Gasteiger partial charge is 1.00 e. The molecule has 0 saturated carbocycles. The van der Waals surface area contributed by atoms with E-state index in [4.69, 9.17) is 5.11 Å². The maximum Gasteiger partial charge on any atom is 1.00 e. The summed E-state index contributed by atoms with van der Waals surface area (Å²) in [6.45, 7) is 2.03. The summed E-state index contributed by atoms with van der Waals surface area (Å²) < 4.78 is 0.705. The quantitative estimate of drug-likeness (QED) is 0.774. The Morgan fingerprint density at radius 2 is 2.18 bits per heavy atom. The third-order valence-electron chi connectivity index (χ3n) is 2.44. The Bertz CT molecular complexity index is 388. The number of aliphatic hydroxyl groups is 1. The van der Waals surface area contributed by atoms with E-state index in [0.717, 1.165) is 12.8 Å². The maximum absolute atomic E-state index is 11.0. The van der Waals surface area contributed by atoms with Crippen molar-refractivity contribution in [2.24, 2.45) is 0 Å². The number of carbonyl (C=O) groups is 1. The van der Waals surface area contributed by atoms with Crippen LogP contribution >= 0.6 is 15.9 Å². The van der Waals surface area contributed by atoms with E-state index in [1.807, 2.05) is 6.92 Å². The summed E-state index contributed by atoms with van der Waals surface area (Å²) >= 11 is 3.22. The Hall–Kier alpha value is 0.766. The van der Waals surface area contributed by atoms with E-state index in [0.29, 0.717) is 16.5 Å². The van der Waals surface area contributed by atoms with Gasteiger partial charge < -0.3 is 11.6 Å². The second kappa shape index (κ2) is 8.80. The van der Waals surface area contributed by atoms with E-state index in [1.54, 1.807) is 12.1 Å². The van der Waals surface area contributed by atoms with Crippen molar-refractivity contribution in [1.82, 2.24) is 0 Å². The minimum atomic E-state index is -1.01. The number of halogens is 1. The average molecular weight is 327 g/mol. The number of carboxylic acids is 1. The van der Waals surface area contributed by atoms with Crippen LogP contribution in [0.2, 0.25) is 0 Å². The van der Waals surface area contributed by atoms with Gasteiger partial charge in [0.05, 0.1) is 11.7 Å². The fourth-order valence-corrected chi connectivity index (χ4v) is 1.92. The van der Waals surface area contributed by atoms with Crippen molar-refractivity contribution in [3.8, 4) is 0 Å². The van der Waals surface area contributed by atoms with Crippen LogP contribution in [-0.4, -0.2) is 16.2 Å². The molecule has 1 unspecified atom stereocenters. The molecule has 0 amide bonds. The van der Waals surface area contributed by atoms with Gasteiger partial charge in [0, 0.05) is 4.47 Å². The Morgan fingerprint density at radius 1 is 1.53 bits per heavy atom. The number of aliphatic hydroxyl groups excluding tert-OH is 1. The standard InChI is InChI=1S/C12H15BrO3.K.H/c1-2-3-4-11(14)9-6-5-8(13)7-10(9)12(15)16;;/h5-7,11,14H,2-4H2,1H3,(H,15,16);;/q;+1;-1. The van der Waals surface area contributed by atoms with Crippen LogP contribution in [0.3, 0.4) is 0 Å². The van der Waals surface area contributed by atoms with Crippen LogP contribution in [0.15, 0.2) is 22.7 Å². The molecule has 1 aromatic rings. The number of hydrogen-bond acceptors (Lipinski definition) is 2. The molecule has 17 heavy (non-hydrogen) atoms. The first-order valence-corrected chi connectivity index (χ1v) is 6.06. The predicted molar refractivity (Wildman–Crippen MR) is 66.7 cm³/mol. The Morgan fingerprint density at radius 3 is 2.71 bits per heavy atom. The fraction of sp³-hybridized carbons (Fsp3) is 0.417. The summed E-state index contributed by atoms with van der Waals surface area (Å²) in [5.41, 5.74) is 0.655. The zero-order valence-electron chi connectivity index (χ0n) is 11.1. The van der Waals surface area contributed by atoms with Gasteiger partial charge in [-0.2, -0.15) is 0 Å². The monoisotopic (exact) mass is 326 g/mol. The topological polar surface area (TPSA) is 57.5 Å². The zero-order valence-corrected chi connectivity index (χ0v) is 14.8. The Labute approximate surface area is 154 Å². The van der Waals surface area contributed by atoms with Crippen LogP contribution in [0.1, 0.15) is 49.6 Å². The van der Waals surface area contributed by atoms with Gasteiger partial charge >= 0.3 is 57.4 Å². The third kappa shape index (κ3) is 5.51. The third-order valence-corrected chi connectivity index (χ3v) is 2.93. The molecule has 1 rings (SSSR count). The summed E-state index contributed by atoms with van der Waals surface area (Å²) in [6.07, 6.45) is 1.77. The molecule has 0 bridgehead atoms. The normalized spacial score (nSPS) is 11.7. The number of unbranched alkanes of at least 4 members (excludes halogenated alkanes) is 1. The van der Waals surface area contributed by atoms with Crippen LogP contribution in [0.4, 0.5) is 0 Å². The molecule has 5 heteroatoms. The van der Waals surface area contributed by atoms with E-state index < -0.39 is 12.1 Å². The number of benzene rings is 1. The summed E-state index contributed by atoms with van der Waals surface area (Å²) in [7, 11) is 0. The summed E-state index contributed by atoms with van der Waals surface area (Å²) in [6, 6.07) is 4.93. The SMILES string of the molecule is CCCCC(O)c1ccc(Br)cc1C(=O)O.[H-].[K+]. The molecule has 0 aliphatic rings. The van der Waals surface area contributed by atoms with Crippen molar-refractivity contribution in [1.29, 1.82) is 0 Å². The Balaban J connectivity index is 0. The van der Waals surface area contributed by atoms with Crippen molar-refractivity contribution in [2.45, 2.75) is 32.3 Å². The van der Waals surface area contributed by atoms with Gasteiger partial charge in [-0.3, -0.25) is 0 Å². The van der Waals surface area contributed by atoms with Crippen molar-refractivity contribution in [3.63, 3.8) is 0 Å². The molecule has 0 aliphatic heterocycles. The molecule has 0 radical (unpaired) electrons. The molecule has 90 valence electrons. The van der Waals surface area contributed by atoms with Crippen molar-refractivity contribution in [3.05, 3.63) is 33.8 Å². The van der Waals surface area contributed by atoms with Gasteiger partial charge in [0.15, 0.2) is 0 Å². The van der Waals surface area contributed by atoms with Gasteiger partial charge in [-0.1, -0.05) is 41.8 Å². The van der Waals surface area contributed by atoms with Gasteiger partial charge in [0.25, 0.3) is 0 Å². The van der Waals surface area contributed by atoms with Crippen LogP contribution in [0.25, 0.3) is 0 Å². The first-order valence-electron chi connectivity index (χ1n) is 5.27. The summed E-state index contributed by atoms with van der Waals surface area (Å²) in [4.78, 5) is 11.0. The van der Waals surface area contributed by atoms with Crippen LogP contribution in [-0.2, 0) is 0 Å². The van der Waals surface area contributed by atoms with Gasteiger partial charge in [-0.05, 0) is 24.1 Å². The smallest absolute Gasteiger partial charge is 1.00 e. The molecular formula is C12H16BrKO3. The molecule has 0 saturated heterocycles. The molecule has 1 aromatic carbocycles. The van der Waals surface area contributed by atoms with Crippen LogP contribution in [0.5, 0.6) is 0 Å². The average Bonchev–Trinajstić information content (AvgIpc) is 2.25. The van der Waals surface area contributed by atoms with E-state index >= 15 is 0 Å². The first-order chi connectivity index (χ1) is 7.56. The minimum Gasteiger partial charge on any atom is -1.00 e. The molecule has 2 N–H and O–H groups in total. The van der Waals surface area contributed by atoms with E-state index in [-0.39, 0.29) is 58.4 Å². The van der Waals surface area contributed by atoms with Crippen LogP contribution < -0.4 is 51.4 Å². The van der Waals surface area contributed by atoms with Gasteiger partial charge in [0.1, 0.15) is 0 Å². The molecule has 0 aliphatic carbocycles. The molecule has 0 spiro atoms. The second-order valence-corrected chi connectivity index (χ2v) is 4.61. The molecule has 1 atom stereocenters. The number of hydrogen-bond donors (Lipinski definition) is 2. The first kappa shape index (κ1) is 17.8. The second-order valence-electron chi connectivity index (χ2n) is 3.69. The molecule has 0 aromatic heterocycles. The molecule has 3 nitrogen and oxygen atoms in total. The number of carboxylic acid groups (broad SMARTS) is 1. The fourth-order valence-electron chi connectivity index (χ4n) is 1.56. The maximum atomic E-state index is 11.0. The summed E-state index contributed by atoms with van der Waals surface area (Å²) in [5, 5.41) is 18.9. The van der Waals surface area contributed by atoms with Gasteiger partial charge in [0.2, 0.25) is 0 Å². The minimum absolute atomic E-state index is 0. The van der Waals surface area contributed by atoms with Crippen LogP contribution in [0, 0.1) is 0 Å². The Kier molecular flexibility index (Phi) is 9.19. The molecule has 0 heterocycles. The van der Waals surface area contributed by atoms with E-state index in [1.165, 1.54) is 6.07 Å². The van der Waals surface area contributed by atoms with Gasteiger partial charge in [-0.15, -0.1) is 0 Å². The van der Waals surface area contributed by atoms with Gasteiger partial charge in [-0.25, -0.2) is 4.79 Å². The van der Waals surface area contributed by atoms with E-state index in [2.05, 4.69) is 15.9 Å². The van der Waals surface area contributed by atoms with Crippen molar-refractivity contribution in [2.75, 3.05) is 0 Å². The zero-order chi connectivity index (χ0) is 12.1. The molecule has 0 fully saturated rings.